The molecule has 2 heterocycles. The summed E-state index contributed by atoms with van der Waals surface area (Å²) in [6, 6.07) is 7.38. The third kappa shape index (κ3) is 3.66. The number of thiophene rings is 1. The Labute approximate surface area is 164 Å². The number of aliphatic hydroxyl groups is 1. The maximum atomic E-state index is 10.3. The summed E-state index contributed by atoms with van der Waals surface area (Å²) in [4.78, 5) is 12.4. The number of aliphatic hydroxyl groups excluding tert-OH is 1. The van der Waals surface area contributed by atoms with Crippen LogP contribution in [0.4, 0.5) is 5.82 Å². The van der Waals surface area contributed by atoms with Crippen LogP contribution in [0, 0.1) is 0 Å². The van der Waals surface area contributed by atoms with E-state index in [9.17, 15) is 5.11 Å². The van der Waals surface area contributed by atoms with Crippen molar-refractivity contribution in [3.8, 4) is 0 Å². The fraction of sp³-hybridized carbons (Fsp3) is 0.524. The van der Waals surface area contributed by atoms with Crippen molar-refractivity contribution in [2.75, 3.05) is 19.4 Å². The SMILES string of the molecule is CC[C@H](O)c1ccc2sc3ncnc(NC4CCC(N(C)C)CC4)c3c2c1. The van der Waals surface area contributed by atoms with E-state index in [1.165, 1.54) is 17.5 Å². The molecule has 144 valence electrons. The van der Waals surface area contributed by atoms with Gasteiger partial charge in [0.2, 0.25) is 0 Å². The van der Waals surface area contributed by atoms with Gasteiger partial charge in [0.25, 0.3) is 0 Å². The number of rotatable bonds is 5. The van der Waals surface area contributed by atoms with E-state index in [-0.39, 0.29) is 0 Å². The van der Waals surface area contributed by atoms with Gasteiger partial charge in [-0.1, -0.05) is 13.0 Å². The molecule has 0 unspecified atom stereocenters. The van der Waals surface area contributed by atoms with Gasteiger partial charge in [0.15, 0.2) is 0 Å². The van der Waals surface area contributed by atoms with Gasteiger partial charge in [-0.2, -0.15) is 0 Å². The number of hydrogen-bond donors (Lipinski definition) is 2. The van der Waals surface area contributed by atoms with Gasteiger partial charge in [0.1, 0.15) is 17.0 Å². The zero-order valence-electron chi connectivity index (χ0n) is 16.3. The second-order valence-electron chi connectivity index (χ2n) is 7.80. The maximum Gasteiger partial charge on any atom is 0.139 e. The van der Waals surface area contributed by atoms with Crippen LogP contribution in [-0.2, 0) is 0 Å². The van der Waals surface area contributed by atoms with Gasteiger partial charge >= 0.3 is 0 Å². The molecular formula is C21H28N4OS. The van der Waals surface area contributed by atoms with Crippen LogP contribution in [-0.4, -0.2) is 46.2 Å². The lowest BCUT2D eigenvalue weighted by Crippen LogP contribution is -2.36. The third-order valence-electron chi connectivity index (χ3n) is 5.83. The molecule has 2 N–H and O–H groups in total. The number of nitrogens with zero attached hydrogens (tertiary/aromatic N) is 3. The molecule has 0 spiro atoms. The summed E-state index contributed by atoms with van der Waals surface area (Å²) in [7, 11) is 4.35. The highest BCUT2D eigenvalue weighted by molar-refractivity contribution is 7.25. The smallest absolute Gasteiger partial charge is 0.139 e. The fourth-order valence-electron chi connectivity index (χ4n) is 4.11. The molecule has 0 saturated heterocycles. The molecule has 2 aromatic heterocycles. The van der Waals surface area contributed by atoms with Gasteiger partial charge in [-0.3, -0.25) is 0 Å². The van der Waals surface area contributed by atoms with Gasteiger partial charge < -0.3 is 15.3 Å². The van der Waals surface area contributed by atoms with Crippen LogP contribution < -0.4 is 5.32 Å². The summed E-state index contributed by atoms with van der Waals surface area (Å²) in [5, 5.41) is 16.2. The van der Waals surface area contributed by atoms with Crippen molar-refractivity contribution >= 4 is 37.5 Å². The zero-order valence-corrected chi connectivity index (χ0v) is 17.1. The fourth-order valence-corrected chi connectivity index (χ4v) is 5.13. The molecule has 0 aliphatic heterocycles. The van der Waals surface area contributed by atoms with Crippen molar-refractivity contribution in [3.63, 3.8) is 0 Å². The average Bonchev–Trinajstić information content (AvgIpc) is 3.06. The molecule has 6 heteroatoms. The first-order valence-electron chi connectivity index (χ1n) is 9.85. The van der Waals surface area contributed by atoms with Crippen molar-refractivity contribution in [3.05, 3.63) is 30.1 Å². The average molecular weight is 385 g/mol. The number of aromatic nitrogens is 2. The Morgan fingerprint density at radius 1 is 1.22 bits per heavy atom. The largest absolute Gasteiger partial charge is 0.388 e. The molecule has 1 atom stereocenters. The highest BCUT2D eigenvalue weighted by Gasteiger charge is 2.23. The number of anilines is 1. The molecule has 0 bridgehead atoms. The first kappa shape index (κ1) is 18.6. The minimum absolute atomic E-state index is 0.424. The zero-order chi connectivity index (χ0) is 19.0. The minimum atomic E-state index is -0.424. The number of nitrogens with one attached hydrogen (secondary N) is 1. The van der Waals surface area contributed by atoms with Gasteiger partial charge in [0, 0.05) is 22.2 Å². The number of hydrogen-bond acceptors (Lipinski definition) is 6. The monoisotopic (exact) mass is 384 g/mol. The maximum absolute atomic E-state index is 10.3. The van der Waals surface area contributed by atoms with Gasteiger partial charge in [-0.25, -0.2) is 9.97 Å². The summed E-state index contributed by atoms with van der Waals surface area (Å²) in [6.45, 7) is 2.00. The molecule has 1 fully saturated rings. The second kappa shape index (κ2) is 7.70. The molecule has 1 saturated carbocycles. The Kier molecular flexibility index (Phi) is 5.30. The first-order valence-corrected chi connectivity index (χ1v) is 10.7. The summed E-state index contributed by atoms with van der Waals surface area (Å²) in [5.41, 5.74) is 0.964. The molecule has 5 nitrogen and oxygen atoms in total. The topological polar surface area (TPSA) is 61.3 Å². The molecule has 3 aromatic rings. The molecular weight excluding hydrogens is 356 g/mol. The van der Waals surface area contributed by atoms with E-state index in [4.69, 9.17) is 0 Å². The highest BCUT2D eigenvalue weighted by atomic mass is 32.1. The van der Waals surface area contributed by atoms with Crippen LogP contribution >= 0.6 is 11.3 Å². The lowest BCUT2D eigenvalue weighted by atomic mass is 9.90. The van der Waals surface area contributed by atoms with Crippen LogP contribution in [0.1, 0.15) is 50.7 Å². The summed E-state index contributed by atoms with van der Waals surface area (Å²) >= 11 is 1.69. The quantitative estimate of drug-likeness (QED) is 0.675. The molecule has 1 aliphatic rings. The van der Waals surface area contributed by atoms with Gasteiger partial charge in [-0.05, 0) is 63.9 Å². The third-order valence-corrected chi connectivity index (χ3v) is 6.91. The Hall–Kier alpha value is -1.76. The minimum Gasteiger partial charge on any atom is -0.388 e. The van der Waals surface area contributed by atoms with E-state index in [1.54, 1.807) is 17.7 Å². The first-order chi connectivity index (χ1) is 13.1. The van der Waals surface area contributed by atoms with Gasteiger partial charge in [-0.15, -0.1) is 11.3 Å². The Morgan fingerprint density at radius 2 is 2.00 bits per heavy atom. The van der Waals surface area contributed by atoms with Crippen molar-refractivity contribution in [1.82, 2.24) is 14.9 Å². The highest BCUT2D eigenvalue weighted by Crippen LogP contribution is 2.38. The van der Waals surface area contributed by atoms with Crippen LogP contribution in [0.25, 0.3) is 20.3 Å². The van der Waals surface area contributed by atoms with Crippen molar-refractivity contribution < 1.29 is 5.11 Å². The van der Waals surface area contributed by atoms with E-state index < -0.39 is 6.10 Å². The van der Waals surface area contributed by atoms with Crippen LogP contribution in [0.3, 0.4) is 0 Å². The Morgan fingerprint density at radius 3 is 2.70 bits per heavy atom. The van der Waals surface area contributed by atoms with Crippen molar-refractivity contribution in [1.29, 1.82) is 0 Å². The molecule has 0 radical (unpaired) electrons. The van der Waals surface area contributed by atoms with Crippen molar-refractivity contribution in [2.45, 2.75) is 57.2 Å². The standard InChI is InChI=1S/C21H28N4OS/c1-4-17(26)13-5-10-18-16(11-13)19-20(22-12-23-21(19)27-18)24-14-6-8-15(9-7-14)25(2)3/h5,10-12,14-15,17,26H,4,6-9H2,1-3H3,(H,22,23,24)/t14?,15?,17-/m0/s1. The summed E-state index contributed by atoms with van der Waals surface area (Å²) < 4.78 is 1.19. The second-order valence-corrected chi connectivity index (χ2v) is 8.83. The number of benzene rings is 1. The van der Waals surface area contributed by atoms with E-state index in [0.717, 1.165) is 39.8 Å². The van der Waals surface area contributed by atoms with Crippen molar-refractivity contribution in [2.24, 2.45) is 0 Å². The normalized spacial score (nSPS) is 21.8. The van der Waals surface area contributed by atoms with E-state index >= 15 is 0 Å². The molecule has 1 aliphatic carbocycles. The Bertz CT molecular complexity index is 930. The number of fused-ring (bicyclic) bond motifs is 3. The van der Waals surface area contributed by atoms with Gasteiger partial charge in [0.05, 0.1) is 11.5 Å². The summed E-state index contributed by atoms with van der Waals surface area (Å²) in [6.07, 6.45) is 6.71. The van der Waals surface area contributed by atoms with Crippen LogP contribution in [0.15, 0.2) is 24.5 Å². The van der Waals surface area contributed by atoms with Crippen LogP contribution in [0.2, 0.25) is 0 Å². The summed E-state index contributed by atoms with van der Waals surface area (Å²) in [5.74, 6) is 0.933. The van der Waals surface area contributed by atoms with E-state index in [1.807, 2.05) is 13.0 Å². The molecule has 1 aromatic carbocycles. The van der Waals surface area contributed by atoms with E-state index in [2.05, 4.69) is 46.4 Å². The molecule has 27 heavy (non-hydrogen) atoms. The van der Waals surface area contributed by atoms with E-state index in [0.29, 0.717) is 18.5 Å². The molecule has 4 rings (SSSR count). The molecule has 0 amide bonds. The van der Waals surface area contributed by atoms with Crippen LogP contribution in [0.5, 0.6) is 0 Å². The lowest BCUT2D eigenvalue weighted by molar-refractivity contribution is 0.174. The Balaban J connectivity index is 1.66. The predicted octanol–water partition coefficient (Wildman–Crippen LogP) is 4.57. The lowest BCUT2D eigenvalue weighted by Gasteiger charge is -2.33. The predicted molar refractivity (Wildman–Crippen MR) is 114 cm³/mol.